The molecule has 1 aliphatic heterocycles. The van der Waals surface area contributed by atoms with Gasteiger partial charge in [-0.05, 0) is 23.3 Å². The van der Waals surface area contributed by atoms with Crippen molar-refractivity contribution in [1.29, 1.82) is 0 Å². The highest BCUT2D eigenvalue weighted by atomic mass is 16.5. The third kappa shape index (κ3) is 2.33. The molecule has 1 unspecified atom stereocenters. The fraction of sp³-hybridized carbons (Fsp3) is 0.214. The number of ether oxygens (including phenoxy) is 1. The number of aromatic nitrogens is 2. The van der Waals surface area contributed by atoms with Crippen LogP contribution in [0.15, 0.2) is 24.4 Å². The van der Waals surface area contributed by atoms with E-state index in [0.29, 0.717) is 23.6 Å². The Morgan fingerprint density at radius 3 is 2.95 bits per heavy atom. The molecule has 2 heterocycles. The van der Waals surface area contributed by atoms with E-state index in [1.54, 1.807) is 13.2 Å². The number of hydrogen-bond acceptors (Lipinski definition) is 6. The highest BCUT2D eigenvalue weighted by molar-refractivity contribution is 5.83. The van der Waals surface area contributed by atoms with Crippen LogP contribution in [0.5, 0.6) is 5.75 Å². The van der Waals surface area contributed by atoms with Crippen LogP contribution in [0.2, 0.25) is 0 Å². The standard InChI is InChI=1S/C14H15N5O2/c1-17-13(20)11-5-8-4-7(2-3-10(8)21-11)9-6-18-14(16)19-12(9)15/h2-4,6,11H,5H2,1H3,(H,17,20)(H4,15,16,18,19). The largest absolute Gasteiger partial charge is 0.480 e. The third-order valence-electron chi connectivity index (χ3n) is 3.42. The van der Waals surface area contributed by atoms with Crippen molar-refractivity contribution in [3.63, 3.8) is 0 Å². The molecule has 21 heavy (non-hydrogen) atoms. The molecule has 0 aliphatic carbocycles. The molecule has 1 atom stereocenters. The Hall–Kier alpha value is -2.83. The van der Waals surface area contributed by atoms with Crippen molar-refractivity contribution in [2.24, 2.45) is 0 Å². The second kappa shape index (κ2) is 4.93. The number of hydrogen-bond donors (Lipinski definition) is 3. The Bertz CT molecular complexity index is 717. The summed E-state index contributed by atoms with van der Waals surface area (Å²) in [6, 6.07) is 5.61. The van der Waals surface area contributed by atoms with Crippen LogP contribution in [0.4, 0.5) is 11.8 Å². The van der Waals surface area contributed by atoms with Crippen LogP contribution in [0.25, 0.3) is 11.1 Å². The maximum atomic E-state index is 11.6. The molecule has 1 aliphatic rings. The molecule has 0 saturated heterocycles. The van der Waals surface area contributed by atoms with Gasteiger partial charge in [0.25, 0.3) is 5.91 Å². The zero-order chi connectivity index (χ0) is 15.0. The van der Waals surface area contributed by atoms with Crippen molar-refractivity contribution in [2.75, 3.05) is 18.5 Å². The van der Waals surface area contributed by atoms with Gasteiger partial charge in [0.05, 0.1) is 0 Å². The van der Waals surface area contributed by atoms with Gasteiger partial charge in [-0.3, -0.25) is 4.79 Å². The van der Waals surface area contributed by atoms with Crippen molar-refractivity contribution >= 4 is 17.7 Å². The minimum absolute atomic E-state index is 0.136. The third-order valence-corrected chi connectivity index (χ3v) is 3.42. The first-order chi connectivity index (χ1) is 10.1. The van der Waals surface area contributed by atoms with Crippen molar-refractivity contribution in [3.8, 4) is 16.9 Å². The Kier molecular flexibility index (Phi) is 3.09. The van der Waals surface area contributed by atoms with Gasteiger partial charge in [0.2, 0.25) is 5.95 Å². The normalized spacial score (nSPS) is 16.1. The monoisotopic (exact) mass is 285 g/mol. The molecule has 7 nitrogen and oxygen atoms in total. The van der Waals surface area contributed by atoms with Crippen LogP contribution < -0.4 is 21.5 Å². The second-order valence-electron chi connectivity index (χ2n) is 4.77. The number of rotatable bonds is 2. The summed E-state index contributed by atoms with van der Waals surface area (Å²) in [5.74, 6) is 1.04. The number of fused-ring (bicyclic) bond motifs is 1. The molecule has 0 fully saturated rings. The summed E-state index contributed by atoms with van der Waals surface area (Å²) in [7, 11) is 1.59. The van der Waals surface area contributed by atoms with E-state index in [4.69, 9.17) is 16.2 Å². The number of nitrogen functional groups attached to an aromatic ring is 2. The lowest BCUT2D eigenvalue weighted by molar-refractivity contribution is -0.126. The lowest BCUT2D eigenvalue weighted by atomic mass is 10.0. The van der Waals surface area contributed by atoms with Gasteiger partial charge < -0.3 is 21.5 Å². The molecular formula is C14H15N5O2. The molecule has 108 valence electrons. The summed E-state index contributed by atoms with van der Waals surface area (Å²) >= 11 is 0. The molecule has 7 heteroatoms. The minimum Gasteiger partial charge on any atom is -0.480 e. The predicted octanol–water partition coefficient (Wildman–Crippen LogP) is 0.357. The first-order valence-corrected chi connectivity index (χ1v) is 6.48. The molecule has 1 aromatic heterocycles. The molecule has 1 amide bonds. The number of nitrogens with two attached hydrogens (primary N) is 2. The number of nitrogens with one attached hydrogen (secondary N) is 1. The summed E-state index contributed by atoms with van der Waals surface area (Å²) in [6.45, 7) is 0. The summed E-state index contributed by atoms with van der Waals surface area (Å²) in [5, 5.41) is 2.59. The van der Waals surface area contributed by atoms with Gasteiger partial charge in [-0.15, -0.1) is 0 Å². The molecule has 3 rings (SSSR count). The summed E-state index contributed by atoms with van der Waals surface area (Å²) < 4.78 is 5.61. The van der Waals surface area contributed by atoms with Gasteiger partial charge in [0.15, 0.2) is 6.10 Å². The van der Waals surface area contributed by atoms with Crippen molar-refractivity contribution in [2.45, 2.75) is 12.5 Å². The van der Waals surface area contributed by atoms with Gasteiger partial charge in [0.1, 0.15) is 11.6 Å². The molecular weight excluding hydrogens is 270 g/mol. The van der Waals surface area contributed by atoms with E-state index in [1.807, 2.05) is 18.2 Å². The quantitative estimate of drug-likeness (QED) is 0.733. The van der Waals surface area contributed by atoms with E-state index in [2.05, 4.69) is 15.3 Å². The van der Waals surface area contributed by atoms with Crippen molar-refractivity contribution in [1.82, 2.24) is 15.3 Å². The Morgan fingerprint density at radius 1 is 1.43 bits per heavy atom. The van der Waals surface area contributed by atoms with Crippen molar-refractivity contribution < 1.29 is 9.53 Å². The molecule has 0 spiro atoms. The van der Waals surface area contributed by atoms with E-state index in [-0.39, 0.29) is 11.9 Å². The van der Waals surface area contributed by atoms with Crippen molar-refractivity contribution in [3.05, 3.63) is 30.0 Å². The van der Waals surface area contributed by atoms with Gasteiger partial charge in [-0.25, -0.2) is 4.98 Å². The lowest BCUT2D eigenvalue weighted by Crippen LogP contribution is -2.34. The summed E-state index contributed by atoms with van der Waals surface area (Å²) in [5.41, 5.74) is 13.9. The van der Waals surface area contributed by atoms with Gasteiger partial charge >= 0.3 is 0 Å². The zero-order valence-corrected chi connectivity index (χ0v) is 11.5. The van der Waals surface area contributed by atoms with Crippen LogP contribution in [0.3, 0.4) is 0 Å². The number of likely N-dealkylation sites (N-methyl/N-ethyl adjacent to an activating group) is 1. The topological polar surface area (TPSA) is 116 Å². The van der Waals surface area contributed by atoms with E-state index < -0.39 is 6.10 Å². The molecule has 0 bridgehead atoms. The van der Waals surface area contributed by atoms with E-state index in [9.17, 15) is 4.79 Å². The van der Waals surface area contributed by atoms with Gasteiger partial charge in [0, 0.05) is 25.2 Å². The molecule has 1 aromatic carbocycles. The SMILES string of the molecule is CNC(=O)C1Cc2cc(-c3cnc(N)nc3N)ccc2O1. The van der Waals surface area contributed by atoms with E-state index in [1.165, 1.54) is 0 Å². The number of carbonyl (C=O) groups excluding carboxylic acids is 1. The first kappa shape index (κ1) is 13.2. The average molecular weight is 285 g/mol. The van der Waals surface area contributed by atoms with Crippen LogP contribution >= 0.6 is 0 Å². The number of amides is 1. The van der Waals surface area contributed by atoms with Gasteiger partial charge in [-0.1, -0.05) is 6.07 Å². The average Bonchev–Trinajstić information content (AvgIpc) is 2.89. The molecule has 5 N–H and O–H groups in total. The maximum absolute atomic E-state index is 11.6. The van der Waals surface area contributed by atoms with E-state index in [0.717, 1.165) is 11.1 Å². The zero-order valence-electron chi connectivity index (χ0n) is 11.5. The maximum Gasteiger partial charge on any atom is 0.261 e. The van der Waals surface area contributed by atoms with Crippen LogP contribution in [0.1, 0.15) is 5.56 Å². The second-order valence-corrected chi connectivity index (χ2v) is 4.77. The molecule has 2 aromatic rings. The molecule has 0 radical (unpaired) electrons. The predicted molar refractivity (Wildman–Crippen MR) is 78.5 cm³/mol. The molecule has 0 saturated carbocycles. The van der Waals surface area contributed by atoms with E-state index >= 15 is 0 Å². The number of benzene rings is 1. The summed E-state index contributed by atoms with van der Waals surface area (Å²) in [6.07, 6.45) is 1.63. The van der Waals surface area contributed by atoms with Crippen LogP contribution in [0, 0.1) is 0 Å². The fourth-order valence-corrected chi connectivity index (χ4v) is 2.36. The first-order valence-electron chi connectivity index (χ1n) is 6.48. The van der Waals surface area contributed by atoms with Crippen LogP contribution in [-0.4, -0.2) is 29.0 Å². The number of nitrogens with zero attached hydrogens (tertiary/aromatic N) is 2. The van der Waals surface area contributed by atoms with Crippen LogP contribution in [-0.2, 0) is 11.2 Å². The number of anilines is 2. The van der Waals surface area contributed by atoms with Gasteiger partial charge in [-0.2, -0.15) is 4.98 Å². The highest BCUT2D eigenvalue weighted by Gasteiger charge is 2.28. The smallest absolute Gasteiger partial charge is 0.261 e. The minimum atomic E-state index is -0.486. The fourth-order valence-electron chi connectivity index (χ4n) is 2.36. The Labute approximate surface area is 121 Å². The highest BCUT2D eigenvalue weighted by Crippen LogP contribution is 2.34. The Balaban J connectivity index is 1.94. The lowest BCUT2D eigenvalue weighted by Gasteiger charge is -2.08. The number of carbonyl (C=O) groups is 1. The Morgan fingerprint density at radius 2 is 2.24 bits per heavy atom. The summed E-state index contributed by atoms with van der Waals surface area (Å²) in [4.78, 5) is 19.5.